The SMILES string of the molecule is CCCCCCCCOc1ccc(Nc2ccccc2)cc1. The van der Waals surface area contributed by atoms with Gasteiger partial charge in [0.05, 0.1) is 6.61 Å². The molecule has 0 heterocycles. The summed E-state index contributed by atoms with van der Waals surface area (Å²) in [7, 11) is 0. The molecule has 2 nitrogen and oxygen atoms in total. The largest absolute Gasteiger partial charge is 0.494 e. The van der Waals surface area contributed by atoms with Gasteiger partial charge in [0.25, 0.3) is 0 Å². The average Bonchev–Trinajstić information content (AvgIpc) is 2.56. The molecule has 0 bridgehead atoms. The van der Waals surface area contributed by atoms with Crippen molar-refractivity contribution in [3.8, 4) is 5.75 Å². The van der Waals surface area contributed by atoms with Crippen molar-refractivity contribution in [1.82, 2.24) is 0 Å². The molecular weight excluding hydrogens is 270 g/mol. The molecule has 0 aliphatic rings. The standard InChI is InChI=1S/C20H27NO/c1-2-3-4-5-6-10-17-22-20-15-13-19(14-16-20)21-18-11-8-7-9-12-18/h7-9,11-16,21H,2-6,10,17H2,1H3. The third-order valence-corrected chi connectivity index (χ3v) is 3.68. The van der Waals surface area contributed by atoms with Crippen molar-refractivity contribution in [2.45, 2.75) is 45.4 Å². The van der Waals surface area contributed by atoms with E-state index in [0.717, 1.165) is 30.2 Å². The van der Waals surface area contributed by atoms with Gasteiger partial charge in [0.15, 0.2) is 0 Å². The van der Waals surface area contributed by atoms with Gasteiger partial charge in [0.2, 0.25) is 0 Å². The number of nitrogens with one attached hydrogen (secondary N) is 1. The predicted octanol–water partition coefficient (Wildman–Crippen LogP) is 6.17. The third kappa shape index (κ3) is 6.21. The number of anilines is 2. The first-order valence-electron chi connectivity index (χ1n) is 8.43. The van der Waals surface area contributed by atoms with Crippen molar-refractivity contribution in [3.05, 3.63) is 54.6 Å². The first-order chi connectivity index (χ1) is 10.9. The predicted molar refractivity (Wildman–Crippen MR) is 95.0 cm³/mol. The molecule has 0 aromatic heterocycles. The fraction of sp³-hybridized carbons (Fsp3) is 0.400. The first-order valence-corrected chi connectivity index (χ1v) is 8.43. The molecule has 2 aromatic rings. The molecule has 2 heteroatoms. The van der Waals surface area contributed by atoms with Gasteiger partial charge >= 0.3 is 0 Å². The van der Waals surface area contributed by atoms with Crippen molar-refractivity contribution in [1.29, 1.82) is 0 Å². The van der Waals surface area contributed by atoms with Crippen LogP contribution in [0.15, 0.2) is 54.6 Å². The fourth-order valence-corrected chi connectivity index (χ4v) is 2.40. The lowest BCUT2D eigenvalue weighted by atomic mass is 10.1. The molecule has 2 aromatic carbocycles. The second kappa shape index (κ2) is 9.88. The monoisotopic (exact) mass is 297 g/mol. The molecule has 0 fully saturated rings. The van der Waals surface area contributed by atoms with Crippen LogP contribution in [0.3, 0.4) is 0 Å². The summed E-state index contributed by atoms with van der Waals surface area (Å²) in [5.41, 5.74) is 2.18. The Labute approximate surface area is 134 Å². The van der Waals surface area contributed by atoms with E-state index in [4.69, 9.17) is 4.74 Å². The minimum absolute atomic E-state index is 0.817. The van der Waals surface area contributed by atoms with Crippen LogP contribution < -0.4 is 10.1 Å². The van der Waals surface area contributed by atoms with Gasteiger partial charge in [0.1, 0.15) is 5.75 Å². The molecular formula is C20H27NO. The molecule has 22 heavy (non-hydrogen) atoms. The molecule has 0 saturated carbocycles. The lowest BCUT2D eigenvalue weighted by Gasteiger charge is -2.09. The minimum atomic E-state index is 0.817. The van der Waals surface area contributed by atoms with E-state index >= 15 is 0 Å². The molecule has 118 valence electrons. The fourth-order valence-electron chi connectivity index (χ4n) is 2.40. The third-order valence-electron chi connectivity index (χ3n) is 3.68. The number of rotatable bonds is 10. The van der Waals surface area contributed by atoms with Crippen molar-refractivity contribution in [3.63, 3.8) is 0 Å². The van der Waals surface area contributed by atoms with Crippen molar-refractivity contribution >= 4 is 11.4 Å². The molecule has 0 atom stereocenters. The number of ether oxygens (including phenoxy) is 1. The zero-order valence-corrected chi connectivity index (χ0v) is 13.6. The highest BCUT2D eigenvalue weighted by molar-refractivity contribution is 5.59. The van der Waals surface area contributed by atoms with E-state index < -0.39 is 0 Å². The molecule has 1 N–H and O–H groups in total. The lowest BCUT2D eigenvalue weighted by molar-refractivity contribution is 0.304. The van der Waals surface area contributed by atoms with E-state index in [2.05, 4.69) is 36.5 Å². The maximum Gasteiger partial charge on any atom is 0.119 e. The molecule has 0 radical (unpaired) electrons. The zero-order valence-electron chi connectivity index (χ0n) is 13.6. The van der Waals surface area contributed by atoms with E-state index in [1.807, 2.05) is 30.3 Å². The van der Waals surface area contributed by atoms with Crippen LogP contribution in [0.25, 0.3) is 0 Å². The van der Waals surface area contributed by atoms with Gasteiger partial charge in [-0.25, -0.2) is 0 Å². The number of para-hydroxylation sites is 1. The Balaban J connectivity index is 1.66. The normalized spacial score (nSPS) is 10.4. The Morgan fingerprint density at radius 2 is 1.36 bits per heavy atom. The average molecular weight is 297 g/mol. The molecule has 0 amide bonds. The van der Waals surface area contributed by atoms with Crippen LogP contribution in [0.2, 0.25) is 0 Å². The summed E-state index contributed by atoms with van der Waals surface area (Å²) in [6.07, 6.45) is 7.77. The molecule has 0 aliphatic heterocycles. The van der Waals surface area contributed by atoms with E-state index in [0.29, 0.717) is 0 Å². The first kappa shape index (κ1) is 16.4. The van der Waals surface area contributed by atoms with Gasteiger partial charge in [0, 0.05) is 11.4 Å². The van der Waals surface area contributed by atoms with Gasteiger partial charge in [-0.1, -0.05) is 57.2 Å². The van der Waals surface area contributed by atoms with E-state index in [9.17, 15) is 0 Å². The Morgan fingerprint density at radius 1 is 0.727 bits per heavy atom. The van der Waals surface area contributed by atoms with Crippen molar-refractivity contribution in [2.24, 2.45) is 0 Å². The maximum absolute atomic E-state index is 5.79. The van der Waals surface area contributed by atoms with Crippen LogP contribution in [0.4, 0.5) is 11.4 Å². The van der Waals surface area contributed by atoms with Crippen molar-refractivity contribution < 1.29 is 4.74 Å². The Hall–Kier alpha value is -1.96. The van der Waals surface area contributed by atoms with Crippen LogP contribution in [0.5, 0.6) is 5.75 Å². The number of unbranched alkanes of at least 4 members (excludes halogenated alkanes) is 5. The van der Waals surface area contributed by atoms with Gasteiger partial charge in [-0.2, -0.15) is 0 Å². The van der Waals surface area contributed by atoms with Crippen molar-refractivity contribution in [2.75, 3.05) is 11.9 Å². The summed E-state index contributed by atoms with van der Waals surface area (Å²) < 4.78 is 5.79. The van der Waals surface area contributed by atoms with Crippen LogP contribution in [-0.2, 0) is 0 Å². The van der Waals surface area contributed by atoms with Crippen LogP contribution in [-0.4, -0.2) is 6.61 Å². The lowest BCUT2D eigenvalue weighted by Crippen LogP contribution is -1.97. The van der Waals surface area contributed by atoms with Crippen LogP contribution in [0, 0.1) is 0 Å². The number of hydrogen-bond acceptors (Lipinski definition) is 2. The van der Waals surface area contributed by atoms with E-state index in [1.165, 1.54) is 32.1 Å². The Morgan fingerprint density at radius 3 is 2.09 bits per heavy atom. The van der Waals surface area contributed by atoms with Gasteiger partial charge in [-0.3, -0.25) is 0 Å². The summed E-state index contributed by atoms with van der Waals surface area (Å²) in [4.78, 5) is 0. The number of benzene rings is 2. The summed E-state index contributed by atoms with van der Waals surface area (Å²) in [6, 6.07) is 18.4. The molecule has 2 rings (SSSR count). The highest BCUT2D eigenvalue weighted by Gasteiger charge is 1.97. The zero-order chi connectivity index (χ0) is 15.5. The van der Waals surface area contributed by atoms with Crippen LogP contribution >= 0.6 is 0 Å². The highest BCUT2D eigenvalue weighted by Crippen LogP contribution is 2.20. The Bertz CT molecular complexity index is 507. The van der Waals surface area contributed by atoms with Gasteiger partial charge < -0.3 is 10.1 Å². The summed E-state index contributed by atoms with van der Waals surface area (Å²) >= 11 is 0. The minimum Gasteiger partial charge on any atom is -0.494 e. The quantitative estimate of drug-likeness (QED) is 0.529. The molecule has 0 aliphatic carbocycles. The van der Waals surface area contributed by atoms with E-state index in [1.54, 1.807) is 0 Å². The summed E-state index contributed by atoms with van der Waals surface area (Å²) in [5, 5.41) is 3.37. The second-order valence-corrected chi connectivity index (χ2v) is 5.63. The molecule has 0 spiro atoms. The van der Waals surface area contributed by atoms with Gasteiger partial charge in [-0.05, 0) is 42.8 Å². The Kier molecular flexibility index (Phi) is 7.37. The summed E-state index contributed by atoms with van der Waals surface area (Å²) in [6.45, 7) is 3.07. The smallest absolute Gasteiger partial charge is 0.119 e. The topological polar surface area (TPSA) is 21.3 Å². The summed E-state index contributed by atoms with van der Waals surface area (Å²) in [5.74, 6) is 0.951. The van der Waals surface area contributed by atoms with Crippen LogP contribution in [0.1, 0.15) is 45.4 Å². The maximum atomic E-state index is 5.79. The molecule has 0 unspecified atom stereocenters. The molecule has 0 saturated heterocycles. The number of hydrogen-bond donors (Lipinski definition) is 1. The second-order valence-electron chi connectivity index (χ2n) is 5.63. The van der Waals surface area contributed by atoms with Gasteiger partial charge in [-0.15, -0.1) is 0 Å². The van der Waals surface area contributed by atoms with E-state index in [-0.39, 0.29) is 0 Å². The highest BCUT2D eigenvalue weighted by atomic mass is 16.5.